The number of hydrogen-bond acceptors (Lipinski definition) is 4. The summed E-state index contributed by atoms with van der Waals surface area (Å²) in [6, 6.07) is 5.31. The fourth-order valence-corrected chi connectivity index (χ4v) is 2.27. The molecule has 6 heteroatoms. The Balaban J connectivity index is 2.19. The standard InChI is InChI=1S/C13H16Cl2N2O2/c1-17-7-6-16-13(17)11(8-18-2)19-10-5-3-4-9(14)12(10)15/h3-5,11H,6-8H2,1-2H3. The molecule has 1 unspecified atom stereocenters. The third kappa shape index (κ3) is 3.32. The van der Waals surface area contributed by atoms with Gasteiger partial charge in [-0.05, 0) is 12.1 Å². The second-order valence-electron chi connectivity index (χ2n) is 4.28. The highest BCUT2D eigenvalue weighted by Crippen LogP contribution is 2.32. The minimum Gasteiger partial charge on any atom is -0.478 e. The Morgan fingerprint density at radius 3 is 2.84 bits per heavy atom. The van der Waals surface area contributed by atoms with Crippen LogP contribution in [0.1, 0.15) is 0 Å². The van der Waals surface area contributed by atoms with E-state index in [-0.39, 0.29) is 6.10 Å². The Labute approximate surface area is 122 Å². The first-order chi connectivity index (χ1) is 9.13. The van der Waals surface area contributed by atoms with E-state index in [0.29, 0.717) is 22.4 Å². The minimum absolute atomic E-state index is 0.284. The fourth-order valence-electron chi connectivity index (χ4n) is 1.94. The molecule has 1 aliphatic rings. The van der Waals surface area contributed by atoms with Gasteiger partial charge in [-0.1, -0.05) is 29.3 Å². The molecule has 0 spiro atoms. The number of methoxy groups -OCH3 is 1. The van der Waals surface area contributed by atoms with E-state index in [0.717, 1.165) is 18.9 Å². The van der Waals surface area contributed by atoms with Crippen molar-refractivity contribution in [3.05, 3.63) is 28.2 Å². The molecule has 0 bridgehead atoms. The summed E-state index contributed by atoms with van der Waals surface area (Å²) in [5, 5.41) is 0.878. The summed E-state index contributed by atoms with van der Waals surface area (Å²) in [4.78, 5) is 6.50. The molecular formula is C13H16Cl2N2O2. The molecule has 0 fully saturated rings. The van der Waals surface area contributed by atoms with Gasteiger partial charge in [-0.25, -0.2) is 0 Å². The van der Waals surface area contributed by atoms with Gasteiger partial charge in [0, 0.05) is 20.7 Å². The quantitative estimate of drug-likeness (QED) is 0.839. The third-order valence-electron chi connectivity index (χ3n) is 2.89. The van der Waals surface area contributed by atoms with Crippen LogP contribution in [0.5, 0.6) is 5.75 Å². The zero-order chi connectivity index (χ0) is 13.8. The van der Waals surface area contributed by atoms with Crippen LogP contribution in [-0.2, 0) is 4.74 Å². The van der Waals surface area contributed by atoms with Gasteiger partial charge in [0.25, 0.3) is 0 Å². The maximum Gasteiger partial charge on any atom is 0.179 e. The molecule has 1 heterocycles. The molecule has 0 N–H and O–H groups in total. The van der Waals surface area contributed by atoms with E-state index in [1.165, 1.54) is 0 Å². The average Bonchev–Trinajstić information content (AvgIpc) is 2.80. The van der Waals surface area contributed by atoms with Crippen molar-refractivity contribution >= 4 is 29.0 Å². The summed E-state index contributed by atoms with van der Waals surface area (Å²) in [6.45, 7) is 2.08. The van der Waals surface area contributed by atoms with Gasteiger partial charge >= 0.3 is 0 Å². The summed E-state index contributed by atoms with van der Waals surface area (Å²) < 4.78 is 11.1. The van der Waals surface area contributed by atoms with Crippen LogP contribution in [0, 0.1) is 0 Å². The number of ether oxygens (including phenoxy) is 2. The maximum atomic E-state index is 6.13. The lowest BCUT2D eigenvalue weighted by molar-refractivity contribution is 0.112. The third-order valence-corrected chi connectivity index (χ3v) is 3.69. The molecule has 104 valence electrons. The van der Waals surface area contributed by atoms with Gasteiger partial charge in [0.05, 0.1) is 18.2 Å². The molecule has 0 saturated carbocycles. The summed E-state index contributed by atoms with van der Waals surface area (Å²) in [7, 11) is 3.61. The highest BCUT2D eigenvalue weighted by atomic mass is 35.5. The molecule has 1 aliphatic heterocycles. The first kappa shape index (κ1) is 14.4. The molecule has 0 aromatic heterocycles. The van der Waals surface area contributed by atoms with Gasteiger partial charge in [0.1, 0.15) is 16.6 Å². The Morgan fingerprint density at radius 2 is 2.21 bits per heavy atom. The lowest BCUT2D eigenvalue weighted by atomic mass is 10.3. The predicted octanol–water partition coefficient (Wildman–Crippen LogP) is 2.73. The zero-order valence-electron chi connectivity index (χ0n) is 10.9. The number of likely N-dealkylation sites (N-methyl/N-ethyl adjacent to an activating group) is 1. The van der Waals surface area contributed by atoms with Crippen molar-refractivity contribution in [3.8, 4) is 5.75 Å². The Kier molecular flexibility index (Phi) is 4.91. The van der Waals surface area contributed by atoms with E-state index >= 15 is 0 Å². The van der Waals surface area contributed by atoms with Crippen molar-refractivity contribution in [3.63, 3.8) is 0 Å². The van der Waals surface area contributed by atoms with Crippen LogP contribution in [-0.4, -0.2) is 50.7 Å². The highest BCUT2D eigenvalue weighted by Gasteiger charge is 2.25. The van der Waals surface area contributed by atoms with Gasteiger partial charge in [0.15, 0.2) is 6.10 Å². The number of hydrogen-bond donors (Lipinski definition) is 0. The molecule has 4 nitrogen and oxygen atoms in total. The van der Waals surface area contributed by atoms with Gasteiger partial charge in [-0.2, -0.15) is 0 Å². The molecule has 0 amide bonds. The monoisotopic (exact) mass is 302 g/mol. The fraction of sp³-hybridized carbons (Fsp3) is 0.462. The normalized spacial score (nSPS) is 16.4. The summed E-state index contributed by atoms with van der Waals surface area (Å²) in [5.74, 6) is 1.41. The van der Waals surface area contributed by atoms with Crippen LogP contribution in [0.25, 0.3) is 0 Å². The van der Waals surface area contributed by atoms with Crippen LogP contribution < -0.4 is 4.74 Å². The molecule has 1 aromatic carbocycles. The van der Waals surface area contributed by atoms with Gasteiger partial charge in [-0.15, -0.1) is 0 Å². The lowest BCUT2D eigenvalue weighted by Crippen LogP contribution is -2.40. The Hall–Kier alpha value is -0.970. The molecule has 1 aromatic rings. The second-order valence-corrected chi connectivity index (χ2v) is 5.06. The summed E-state index contributed by atoms with van der Waals surface area (Å²) >= 11 is 12.1. The number of nitrogens with zero attached hydrogens (tertiary/aromatic N) is 2. The number of halogens is 2. The van der Waals surface area contributed by atoms with Crippen molar-refractivity contribution in [2.24, 2.45) is 4.99 Å². The topological polar surface area (TPSA) is 34.1 Å². The van der Waals surface area contributed by atoms with Crippen LogP contribution in [0.3, 0.4) is 0 Å². The molecule has 1 atom stereocenters. The number of rotatable bonds is 5. The second kappa shape index (κ2) is 6.46. The minimum atomic E-state index is -0.284. The van der Waals surface area contributed by atoms with Crippen LogP contribution in [0.2, 0.25) is 10.0 Å². The first-order valence-corrected chi connectivity index (χ1v) is 6.74. The van der Waals surface area contributed by atoms with Crippen molar-refractivity contribution in [1.29, 1.82) is 0 Å². The SMILES string of the molecule is COCC(Oc1cccc(Cl)c1Cl)C1=NCCN1C. The van der Waals surface area contributed by atoms with E-state index in [1.54, 1.807) is 25.3 Å². The largest absolute Gasteiger partial charge is 0.478 e. The lowest BCUT2D eigenvalue weighted by Gasteiger charge is -2.24. The maximum absolute atomic E-state index is 6.13. The summed E-state index contributed by atoms with van der Waals surface area (Å²) in [5.41, 5.74) is 0. The molecule has 2 rings (SSSR count). The van der Waals surface area contributed by atoms with Crippen molar-refractivity contribution < 1.29 is 9.47 Å². The molecule has 19 heavy (non-hydrogen) atoms. The van der Waals surface area contributed by atoms with Gasteiger partial charge in [0.2, 0.25) is 0 Å². The van der Waals surface area contributed by atoms with Gasteiger partial charge in [-0.3, -0.25) is 4.99 Å². The Morgan fingerprint density at radius 1 is 1.42 bits per heavy atom. The smallest absolute Gasteiger partial charge is 0.179 e. The van der Waals surface area contributed by atoms with E-state index in [1.807, 2.05) is 7.05 Å². The number of aliphatic imine (C=N–C) groups is 1. The molecule has 0 radical (unpaired) electrons. The highest BCUT2D eigenvalue weighted by molar-refractivity contribution is 6.42. The van der Waals surface area contributed by atoms with E-state index in [9.17, 15) is 0 Å². The van der Waals surface area contributed by atoms with Crippen molar-refractivity contribution in [1.82, 2.24) is 4.90 Å². The van der Waals surface area contributed by atoms with E-state index in [2.05, 4.69) is 9.89 Å². The number of benzene rings is 1. The molecule has 0 aliphatic carbocycles. The van der Waals surface area contributed by atoms with Crippen molar-refractivity contribution in [2.75, 3.05) is 33.9 Å². The molecule has 0 saturated heterocycles. The van der Waals surface area contributed by atoms with Crippen LogP contribution in [0.15, 0.2) is 23.2 Å². The Bertz CT molecular complexity index is 480. The molecular weight excluding hydrogens is 287 g/mol. The van der Waals surface area contributed by atoms with Gasteiger partial charge < -0.3 is 14.4 Å². The van der Waals surface area contributed by atoms with E-state index < -0.39 is 0 Å². The van der Waals surface area contributed by atoms with Crippen LogP contribution in [0.4, 0.5) is 0 Å². The first-order valence-electron chi connectivity index (χ1n) is 5.98. The van der Waals surface area contributed by atoms with Crippen LogP contribution >= 0.6 is 23.2 Å². The average molecular weight is 303 g/mol. The van der Waals surface area contributed by atoms with Crippen molar-refractivity contribution in [2.45, 2.75) is 6.10 Å². The number of amidine groups is 1. The zero-order valence-corrected chi connectivity index (χ0v) is 12.4. The predicted molar refractivity (Wildman–Crippen MR) is 77.7 cm³/mol. The summed E-state index contributed by atoms with van der Waals surface area (Å²) in [6.07, 6.45) is -0.284. The van der Waals surface area contributed by atoms with E-state index in [4.69, 9.17) is 32.7 Å².